The van der Waals surface area contributed by atoms with Gasteiger partial charge in [0.2, 0.25) is 5.91 Å². The molecule has 3 N–H and O–H groups in total. The molecule has 1 fully saturated rings. The Labute approximate surface area is 173 Å². The standard InChI is InChI=1S/C20H37N3O6/c1-19(2,3)28-16(24)13-27-14-8-11-23(12-9-14)17(25)15(21)7-10-22-18(26)29-20(4,5)6/h14-15H,7-13,21H2,1-6H3,(H,22,26). The van der Waals surface area contributed by atoms with Crippen molar-refractivity contribution in [2.75, 3.05) is 26.2 Å². The predicted molar refractivity (Wildman–Crippen MR) is 108 cm³/mol. The largest absolute Gasteiger partial charge is 0.458 e. The van der Waals surface area contributed by atoms with Gasteiger partial charge in [0.1, 0.15) is 17.8 Å². The van der Waals surface area contributed by atoms with Gasteiger partial charge in [0.05, 0.1) is 12.1 Å². The van der Waals surface area contributed by atoms with Crippen molar-refractivity contribution in [2.24, 2.45) is 5.73 Å². The molecule has 0 saturated carbocycles. The van der Waals surface area contributed by atoms with Crippen molar-refractivity contribution in [1.82, 2.24) is 10.2 Å². The molecular weight excluding hydrogens is 378 g/mol. The average molecular weight is 416 g/mol. The smallest absolute Gasteiger partial charge is 0.407 e. The van der Waals surface area contributed by atoms with Crippen LogP contribution in [0.1, 0.15) is 60.8 Å². The van der Waals surface area contributed by atoms with Gasteiger partial charge >= 0.3 is 12.1 Å². The first-order valence-electron chi connectivity index (χ1n) is 10.1. The summed E-state index contributed by atoms with van der Waals surface area (Å²) in [6.07, 6.45) is 0.985. The van der Waals surface area contributed by atoms with Gasteiger partial charge in [-0.2, -0.15) is 0 Å². The fourth-order valence-corrected chi connectivity index (χ4v) is 2.80. The molecule has 1 aliphatic heterocycles. The third-order valence-corrected chi connectivity index (χ3v) is 4.05. The molecule has 0 aromatic carbocycles. The van der Waals surface area contributed by atoms with E-state index in [9.17, 15) is 14.4 Å². The summed E-state index contributed by atoms with van der Waals surface area (Å²) < 4.78 is 16.0. The second-order valence-electron chi connectivity index (χ2n) is 9.25. The second-order valence-corrected chi connectivity index (χ2v) is 9.25. The van der Waals surface area contributed by atoms with Crippen molar-refractivity contribution < 1.29 is 28.6 Å². The molecule has 1 rings (SSSR count). The van der Waals surface area contributed by atoms with Crippen LogP contribution < -0.4 is 11.1 Å². The molecule has 29 heavy (non-hydrogen) atoms. The van der Waals surface area contributed by atoms with Gasteiger partial charge in [0.25, 0.3) is 0 Å². The molecule has 9 nitrogen and oxygen atoms in total. The lowest BCUT2D eigenvalue weighted by molar-refractivity contribution is -0.163. The van der Waals surface area contributed by atoms with Crippen molar-refractivity contribution in [3.63, 3.8) is 0 Å². The van der Waals surface area contributed by atoms with E-state index in [1.54, 1.807) is 46.4 Å². The monoisotopic (exact) mass is 415 g/mol. The number of carbonyl (C=O) groups is 3. The highest BCUT2D eigenvalue weighted by atomic mass is 16.6. The molecule has 0 radical (unpaired) electrons. The highest BCUT2D eigenvalue weighted by Crippen LogP contribution is 2.16. The second kappa shape index (κ2) is 10.8. The SMILES string of the molecule is CC(C)(C)OC(=O)COC1CCN(C(=O)C(N)CCNC(=O)OC(C)(C)C)CC1. The minimum atomic E-state index is -0.691. The molecule has 0 aromatic rings. The van der Waals surface area contributed by atoms with Gasteiger partial charge in [-0.3, -0.25) is 4.79 Å². The van der Waals surface area contributed by atoms with Gasteiger partial charge in [0.15, 0.2) is 0 Å². The van der Waals surface area contributed by atoms with Crippen molar-refractivity contribution >= 4 is 18.0 Å². The van der Waals surface area contributed by atoms with E-state index < -0.39 is 29.3 Å². The summed E-state index contributed by atoms with van der Waals surface area (Å²) in [5, 5.41) is 2.60. The van der Waals surface area contributed by atoms with Crippen LogP contribution in [0.25, 0.3) is 0 Å². The maximum atomic E-state index is 12.5. The quantitative estimate of drug-likeness (QED) is 0.606. The van der Waals surface area contributed by atoms with Crippen LogP contribution in [-0.2, 0) is 23.8 Å². The maximum absolute atomic E-state index is 12.5. The first kappa shape index (κ1) is 25.2. The lowest BCUT2D eigenvalue weighted by Crippen LogP contribution is -2.49. The Morgan fingerprint density at radius 2 is 1.59 bits per heavy atom. The third kappa shape index (κ3) is 11.0. The van der Waals surface area contributed by atoms with Crippen LogP contribution in [0.5, 0.6) is 0 Å². The molecule has 9 heteroatoms. The Bertz CT molecular complexity index is 560. The summed E-state index contributed by atoms with van der Waals surface area (Å²) in [7, 11) is 0. The van der Waals surface area contributed by atoms with Gasteiger partial charge in [-0.1, -0.05) is 0 Å². The zero-order valence-corrected chi connectivity index (χ0v) is 18.6. The zero-order chi connectivity index (χ0) is 22.2. The highest BCUT2D eigenvalue weighted by Gasteiger charge is 2.27. The van der Waals surface area contributed by atoms with E-state index >= 15 is 0 Å². The lowest BCUT2D eigenvalue weighted by atomic mass is 10.1. The first-order chi connectivity index (χ1) is 13.3. The summed E-state index contributed by atoms with van der Waals surface area (Å²) >= 11 is 0. The molecule has 0 bridgehead atoms. The maximum Gasteiger partial charge on any atom is 0.407 e. The molecule has 0 spiro atoms. The average Bonchev–Trinajstić information content (AvgIpc) is 2.56. The van der Waals surface area contributed by atoms with Crippen LogP contribution in [0, 0.1) is 0 Å². The Morgan fingerprint density at radius 3 is 2.10 bits per heavy atom. The number of piperidine rings is 1. The minimum Gasteiger partial charge on any atom is -0.458 e. The number of amides is 2. The van der Waals surface area contributed by atoms with E-state index in [0.29, 0.717) is 32.4 Å². The van der Waals surface area contributed by atoms with Crippen molar-refractivity contribution in [3.05, 3.63) is 0 Å². The van der Waals surface area contributed by atoms with E-state index in [4.69, 9.17) is 19.9 Å². The van der Waals surface area contributed by atoms with E-state index in [1.807, 2.05) is 0 Å². The van der Waals surface area contributed by atoms with E-state index in [0.717, 1.165) is 0 Å². The normalized spacial score (nSPS) is 16.9. The number of hydrogen-bond acceptors (Lipinski definition) is 7. The molecule has 1 saturated heterocycles. The summed E-state index contributed by atoms with van der Waals surface area (Å²) in [6.45, 7) is 12.0. The number of alkyl carbamates (subject to hydrolysis) is 1. The number of hydrogen-bond donors (Lipinski definition) is 2. The first-order valence-corrected chi connectivity index (χ1v) is 10.1. The summed E-state index contributed by atoms with van der Waals surface area (Å²) in [4.78, 5) is 37.5. The van der Waals surface area contributed by atoms with Gasteiger partial charge in [-0.15, -0.1) is 0 Å². The molecule has 168 valence electrons. The van der Waals surface area contributed by atoms with Crippen LogP contribution in [0.2, 0.25) is 0 Å². The van der Waals surface area contributed by atoms with E-state index in [-0.39, 0.29) is 25.2 Å². The molecule has 2 amide bonds. The van der Waals surface area contributed by atoms with Crippen molar-refractivity contribution in [2.45, 2.75) is 84.2 Å². The molecule has 1 aliphatic rings. The Balaban J connectivity index is 2.27. The lowest BCUT2D eigenvalue weighted by Gasteiger charge is -2.33. The predicted octanol–water partition coefficient (Wildman–Crippen LogP) is 1.58. The molecule has 1 unspecified atom stereocenters. The Hall–Kier alpha value is -1.87. The molecular formula is C20H37N3O6. The number of nitrogens with zero attached hydrogens (tertiary/aromatic N) is 1. The van der Waals surface area contributed by atoms with Crippen LogP contribution >= 0.6 is 0 Å². The molecule has 1 heterocycles. The van der Waals surface area contributed by atoms with E-state index in [1.165, 1.54) is 0 Å². The number of carbonyl (C=O) groups excluding carboxylic acids is 3. The number of nitrogens with two attached hydrogens (primary N) is 1. The number of likely N-dealkylation sites (tertiary alicyclic amines) is 1. The number of nitrogens with one attached hydrogen (secondary N) is 1. The molecule has 0 aliphatic carbocycles. The summed E-state index contributed by atoms with van der Waals surface area (Å²) in [5.74, 6) is -0.544. The van der Waals surface area contributed by atoms with Gasteiger partial charge in [-0.25, -0.2) is 9.59 Å². The van der Waals surface area contributed by atoms with Gasteiger partial charge < -0.3 is 30.2 Å². The van der Waals surface area contributed by atoms with E-state index in [2.05, 4.69) is 5.32 Å². The van der Waals surface area contributed by atoms with Crippen LogP contribution in [0.15, 0.2) is 0 Å². The fourth-order valence-electron chi connectivity index (χ4n) is 2.80. The van der Waals surface area contributed by atoms with Gasteiger partial charge in [-0.05, 0) is 60.8 Å². The van der Waals surface area contributed by atoms with Crippen molar-refractivity contribution in [1.29, 1.82) is 0 Å². The van der Waals surface area contributed by atoms with Crippen LogP contribution in [0.4, 0.5) is 4.79 Å². The minimum absolute atomic E-state index is 0.0865. The van der Waals surface area contributed by atoms with Crippen LogP contribution in [0.3, 0.4) is 0 Å². The number of ether oxygens (including phenoxy) is 3. The summed E-state index contributed by atoms with van der Waals surface area (Å²) in [6, 6.07) is -0.691. The van der Waals surface area contributed by atoms with Crippen LogP contribution in [-0.4, -0.2) is 72.5 Å². The Morgan fingerprint density at radius 1 is 1.03 bits per heavy atom. The summed E-state index contributed by atoms with van der Waals surface area (Å²) in [5.41, 5.74) is 4.87. The molecule has 1 atom stereocenters. The Kier molecular flexibility index (Phi) is 9.35. The topological polar surface area (TPSA) is 120 Å². The highest BCUT2D eigenvalue weighted by molar-refractivity contribution is 5.81. The third-order valence-electron chi connectivity index (χ3n) is 4.05. The molecule has 0 aromatic heterocycles. The van der Waals surface area contributed by atoms with Gasteiger partial charge in [0, 0.05) is 19.6 Å². The fraction of sp³-hybridized carbons (Fsp3) is 0.850. The number of rotatable bonds is 7. The number of esters is 1. The van der Waals surface area contributed by atoms with Crippen molar-refractivity contribution in [3.8, 4) is 0 Å². The zero-order valence-electron chi connectivity index (χ0n) is 18.6.